The summed E-state index contributed by atoms with van der Waals surface area (Å²) in [4.78, 5) is 23.7. The number of rotatable bonds is 9. The maximum atomic E-state index is 11.9. The fourth-order valence-corrected chi connectivity index (χ4v) is 2.68. The summed E-state index contributed by atoms with van der Waals surface area (Å²) in [7, 11) is 1.56. The van der Waals surface area contributed by atoms with Crippen molar-refractivity contribution in [2.75, 3.05) is 25.6 Å². The van der Waals surface area contributed by atoms with E-state index in [-0.39, 0.29) is 24.0 Å². The molecule has 2 aromatic rings. The molecule has 0 bridgehead atoms. The highest BCUT2D eigenvalue weighted by molar-refractivity contribution is 5.89. The van der Waals surface area contributed by atoms with Crippen molar-refractivity contribution >= 4 is 17.6 Å². The standard InChI is InChI=1S/C23H30N2O5/c1-6-29-22(27)17-8-10-18(11-9-17)24-14-16-7-12-19(20(13-16)28-5)30-15-21(26)25-23(2,3)4/h7-13,24H,6,14-15H2,1-5H3,(H,25,26). The minimum atomic E-state index is -0.333. The fourth-order valence-electron chi connectivity index (χ4n) is 2.68. The predicted molar refractivity (Wildman–Crippen MR) is 116 cm³/mol. The zero-order valence-electron chi connectivity index (χ0n) is 18.2. The maximum absolute atomic E-state index is 11.9. The Bertz CT molecular complexity index is 857. The first-order valence-corrected chi connectivity index (χ1v) is 9.83. The maximum Gasteiger partial charge on any atom is 0.338 e. The highest BCUT2D eigenvalue weighted by Crippen LogP contribution is 2.28. The number of methoxy groups -OCH3 is 1. The zero-order valence-corrected chi connectivity index (χ0v) is 18.2. The third-order valence-corrected chi connectivity index (χ3v) is 3.99. The molecule has 0 aliphatic heterocycles. The molecule has 0 saturated heterocycles. The summed E-state index contributed by atoms with van der Waals surface area (Å²) in [5.41, 5.74) is 2.06. The molecule has 0 fully saturated rings. The Kier molecular flexibility index (Phi) is 8.09. The smallest absolute Gasteiger partial charge is 0.338 e. The van der Waals surface area contributed by atoms with Crippen LogP contribution in [0.5, 0.6) is 11.5 Å². The average Bonchev–Trinajstić information content (AvgIpc) is 2.70. The third-order valence-electron chi connectivity index (χ3n) is 3.99. The summed E-state index contributed by atoms with van der Waals surface area (Å²) in [6.45, 7) is 8.34. The van der Waals surface area contributed by atoms with Gasteiger partial charge in [0, 0.05) is 17.8 Å². The first-order chi connectivity index (χ1) is 14.2. The van der Waals surface area contributed by atoms with Crippen LogP contribution < -0.4 is 20.1 Å². The van der Waals surface area contributed by atoms with Gasteiger partial charge in [-0.3, -0.25) is 4.79 Å². The second-order valence-electron chi connectivity index (χ2n) is 7.72. The lowest BCUT2D eigenvalue weighted by Gasteiger charge is -2.20. The molecule has 2 aromatic carbocycles. The molecule has 0 spiro atoms. The van der Waals surface area contributed by atoms with Gasteiger partial charge in [0.25, 0.3) is 5.91 Å². The summed E-state index contributed by atoms with van der Waals surface area (Å²) in [5.74, 6) is 0.529. The Morgan fingerprint density at radius 1 is 1.00 bits per heavy atom. The molecule has 0 saturated carbocycles. The van der Waals surface area contributed by atoms with Gasteiger partial charge in [-0.15, -0.1) is 0 Å². The Labute approximate surface area is 177 Å². The van der Waals surface area contributed by atoms with Crippen molar-refractivity contribution in [1.29, 1.82) is 0 Å². The summed E-state index contributed by atoms with van der Waals surface area (Å²) in [6.07, 6.45) is 0. The SMILES string of the molecule is CCOC(=O)c1ccc(NCc2ccc(OCC(=O)NC(C)(C)C)c(OC)c2)cc1. The minimum Gasteiger partial charge on any atom is -0.493 e. The highest BCUT2D eigenvalue weighted by atomic mass is 16.5. The van der Waals surface area contributed by atoms with Crippen LogP contribution >= 0.6 is 0 Å². The number of benzene rings is 2. The van der Waals surface area contributed by atoms with Crippen molar-refractivity contribution in [2.45, 2.75) is 39.8 Å². The van der Waals surface area contributed by atoms with Crippen LogP contribution in [-0.2, 0) is 16.1 Å². The van der Waals surface area contributed by atoms with Gasteiger partial charge in [-0.1, -0.05) is 6.07 Å². The van der Waals surface area contributed by atoms with Gasteiger partial charge < -0.3 is 24.8 Å². The summed E-state index contributed by atoms with van der Waals surface area (Å²) < 4.78 is 16.0. The van der Waals surface area contributed by atoms with Crippen molar-refractivity contribution in [3.8, 4) is 11.5 Å². The minimum absolute atomic E-state index is 0.0853. The van der Waals surface area contributed by atoms with Crippen molar-refractivity contribution in [3.05, 3.63) is 53.6 Å². The molecule has 30 heavy (non-hydrogen) atoms. The van der Waals surface area contributed by atoms with Crippen LogP contribution in [0.1, 0.15) is 43.6 Å². The van der Waals surface area contributed by atoms with Crippen LogP contribution in [0.2, 0.25) is 0 Å². The van der Waals surface area contributed by atoms with Crippen molar-refractivity contribution in [2.24, 2.45) is 0 Å². The first-order valence-electron chi connectivity index (χ1n) is 9.83. The van der Waals surface area contributed by atoms with Gasteiger partial charge in [0.2, 0.25) is 0 Å². The van der Waals surface area contributed by atoms with Crippen LogP contribution in [0.25, 0.3) is 0 Å². The van der Waals surface area contributed by atoms with Gasteiger partial charge in [-0.25, -0.2) is 4.79 Å². The number of ether oxygens (including phenoxy) is 3. The van der Waals surface area contributed by atoms with Crippen LogP contribution in [-0.4, -0.2) is 37.7 Å². The summed E-state index contributed by atoms with van der Waals surface area (Å²) in [5, 5.41) is 6.14. The quantitative estimate of drug-likeness (QED) is 0.608. The molecular weight excluding hydrogens is 384 g/mol. The van der Waals surface area contributed by atoms with Gasteiger partial charge in [0.05, 0.1) is 19.3 Å². The molecule has 0 aliphatic carbocycles. The summed E-state index contributed by atoms with van der Waals surface area (Å²) in [6, 6.07) is 12.6. The van der Waals surface area contributed by atoms with E-state index < -0.39 is 0 Å². The molecular formula is C23H30N2O5. The van der Waals surface area contributed by atoms with Gasteiger partial charge in [0.15, 0.2) is 18.1 Å². The lowest BCUT2D eigenvalue weighted by atomic mass is 10.1. The van der Waals surface area contributed by atoms with E-state index in [0.717, 1.165) is 11.3 Å². The highest BCUT2D eigenvalue weighted by Gasteiger charge is 2.15. The van der Waals surface area contributed by atoms with E-state index in [0.29, 0.717) is 30.2 Å². The number of anilines is 1. The molecule has 0 heterocycles. The summed E-state index contributed by atoms with van der Waals surface area (Å²) >= 11 is 0. The first kappa shape index (κ1) is 23.1. The largest absolute Gasteiger partial charge is 0.493 e. The molecule has 2 N–H and O–H groups in total. The van der Waals surface area contributed by atoms with E-state index >= 15 is 0 Å². The lowest BCUT2D eigenvalue weighted by molar-refractivity contribution is -0.124. The third kappa shape index (κ3) is 7.31. The number of nitrogens with one attached hydrogen (secondary N) is 2. The van der Waals surface area contributed by atoms with E-state index in [9.17, 15) is 9.59 Å². The Morgan fingerprint density at radius 3 is 2.30 bits per heavy atom. The molecule has 1 amide bonds. The molecule has 0 aliphatic rings. The van der Waals surface area contributed by atoms with Crippen LogP contribution in [0.15, 0.2) is 42.5 Å². The second kappa shape index (κ2) is 10.5. The van der Waals surface area contributed by atoms with E-state index in [1.807, 2.05) is 45.0 Å². The van der Waals surface area contributed by atoms with E-state index in [2.05, 4.69) is 10.6 Å². The predicted octanol–water partition coefficient (Wildman–Crippen LogP) is 3.78. The normalized spacial score (nSPS) is 10.8. The van der Waals surface area contributed by atoms with Gasteiger partial charge >= 0.3 is 5.97 Å². The number of carbonyl (C=O) groups is 2. The lowest BCUT2D eigenvalue weighted by Crippen LogP contribution is -2.43. The van der Waals surface area contributed by atoms with E-state index in [1.54, 1.807) is 32.2 Å². The molecule has 0 atom stereocenters. The molecule has 2 rings (SSSR count). The molecule has 0 radical (unpaired) electrons. The number of esters is 1. The van der Waals surface area contributed by atoms with Crippen molar-refractivity contribution < 1.29 is 23.8 Å². The molecule has 0 unspecified atom stereocenters. The second-order valence-corrected chi connectivity index (χ2v) is 7.72. The fraction of sp³-hybridized carbons (Fsp3) is 0.391. The van der Waals surface area contributed by atoms with Crippen molar-refractivity contribution in [1.82, 2.24) is 5.32 Å². The van der Waals surface area contributed by atoms with Gasteiger partial charge in [0.1, 0.15) is 0 Å². The Hall–Kier alpha value is -3.22. The molecule has 7 heteroatoms. The number of amides is 1. The van der Waals surface area contributed by atoms with Crippen LogP contribution in [0.4, 0.5) is 5.69 Å². The van der Waals surface area contributed by atoms with E-state index in [1.165, 1.54) is 0 Å². The van der Waals surface area contributed by atoms with E-state index in [4.69, 9.17) is 14.2 Å². The Morgan fingerprint density at radius 2 is 1.70 bits per heavy atom. The Balaban J connectivity index is 1.94. The topological polar surface area (TPSA) is 85.9 Å². The van der Waals surface area contributed by atoms with Gasteiger partial charge in [-0.05, 0) is 69.7 Å². The molecule has 7 nitrogen and oxygen atoms in total. The number of carbonyl (C=O) groups excluding carboxylic acids is 2. The number of hydrogen-bond donors (Lipinski definition) is 2. The monoisotopic (exact) mass is 414 g/mol. The van der Waals surface area contributed by atoms with Gasteiger partial charge in [-0.2, -0.15) is 0 Å². The zero-order chi connectivity index (χ0) is 22.1. The van der Waals surface area contributed by atoms with Crippen LogP contribution in [0, 0.1) is 0 Å². The van der Waals surface area contributed by atoms with Crippen LogP contribution in [0.3, 0.4) is 0 Å². The molecule has 162 valence electrons. The van der Waals surface area contributed by atoms with Crippen molar-refractivity contribution in [3.63, 3.8) is 0 Å². The number of hydrogen-bond acceptors (Lipinski definition) is 6. The molecule has 0 aromatic heterocycles. The average molecular weight is 415 g/mol.